The molecule has 1 heterocycles. The first kappa shape index (κ1) is 14.3. The Morgan fingerprint density at radius 1 is 1.26 bits per heavy atom. The summed E-state index contributed by atoms with van der Waals surface area (Å²) in [5.41, 5.74) is -0.836. The molecule has 0 radical (unpaired) electrons. The summed E-state index contributed by atoms with van der Waals surface area (Å²) in [7, 11) is 0. The minimum atomic E-state index is -0.869. The van der Waals surface area contributed by atoms with Crippen LogP contribution >= 0.6 is 0 Å². The van der Waals surface area contributed by atoms with Gasteiger partial charge in [-0.15, -0.1) is 0 Å². The molecule has 0 spiro atoms. The van der Waals surface area contributed by atoms with Crippen LogP contribution in [0, 0.1) is 17.8 Å². The minimum absolute atomic E-state index is 0.0864. The molecule has 1 saturated carbocycles. The highest BCUT2D eigenvalue weighted by Gasteiger charge is 2.44. The van der Waals surface area contributed by atoms with E-state index in [1.807, 2.05) is 6.92 Å². The number of carbonyl (C=O) groups is 2. The van der Waals surface area contributed by atoms with Gasteiger partial charge in [0.05, 0.1) is 17.4 Å². The predicted octanol–water partition coefficient (Wildman–Crippen LogP) is 1.11. The Bertz CT molecular complexity index is 380. The van der Waals surface area contributed by atoms with E-state index in [9.17, 15) is 19.8 Å². The molecule has 2 rings (SSSR count). The molecule has 2 N–H and O–H groups in total. The maximum Gasteiger partial charge on any atom is 0.307 e. The summed E-state index contributed by atoms with van der Waals surface area (Å²) in [6, 6.07) is 0. The molecule has 108 valence electrons. The third kappa shape index (κ3) is 3.08. The summed E-state index contributed by atoms with van der Waals surface area (Å²) in [4.78, 5) is 25.4. The zero-order valence-corrected chi connectivity index (χ0v) is 11.6. The van der Waals surface area contributed by atoms with E-state index >= 15 is 0 Å². The van der Waals surface area contributed by atoms with E-state index in [2.05, 4.69) is 0 Å². The number of carbonyl (C=O) groups excluding carboxylic acids is 1. The molecule has 1 aliphatic carbocycles. The van der Waals surface area contributed by atoms with E-state index < -0.39 is 23.4 Å². The number of nitrogens with zero attached hydrogens (tertiary/aromatic N) is 1. The molecule has 0 bridgehead atoms. The molecule has 1 saturated heterocycles. The fourth-order valence-corrected chi connectivity index (χ4v) is 3.48. The molecule has 2 fully saturated rings. The van der Waals surface area contributed by atoms with Crippen molar-refractivity contribution in [2.24, 2.45) is 17.8 Å². The standard InChI is InChI=1S/C14H23NO4/c1-9-6-10(11(7-9)13(17)18)12(16)15-5-3-4-14(2,19)8-15/h9-11,19H,3-8H2,1-2H3,(H,17,18)/t9?,10-,11+,14?/m0/s1. The van der Waals surface area contributed by atoms with Crippen molar-refractivity contribution in [3.05, 3.63) is 0 Å². The first-order chi connectivity index (χ1) is 8.80. The zero-order valence-electron chi connectivity index (χ0n) is 11.6. The van der Waals surface area contributed by atoms with Gasteiger partial charge in [-0.25, -0.2) is 0 Å². The summed E-state index contributed by atoms with van der Waals surface area (Å²) in [5.74, 6) is -1.65. The predicted molar refractivity (Wildman–Crippen MR) is 69.5 cm³/mol. The molecule has 1 aliphatic heterocycles. The molecular weight excluding hydrogens is 246 g/mol. The van der Waals surface area contributed by atoms with Crippen LogP contribution < -0.4 is 0 Å². The average Bonchev–Trinajstić information content (AvgIpc) is 2.69. The highest BCUT2D eigenvalue weighted by Crippen LogP contribution is 2.38. The first-order valence-electron chi connectivity index (χ1n) is 7.04. The summed E-state index contributed by atoms with van der Waals surface area (Å²) in [5, 5.41) is 19.3. The highest BCUT2D eigenvalue weighted by atomic mass is 16.4. The van der Waals surface area contributed by atoms with Gasteiger partial charge in [0.15, 0.2) is 0 Å². The zero-order chi connectivity index (χ0) is 14.2. The number of amides is 1. The SMILES string of the molecule is CC1C[C@H](C(=O)N2CCCC(C)(O)C2)[C@H](C(=O)O)C1. The molecular formula is C14H23NO4. The summed E-state index contributed by atoms with van der Waals surface area (Å²) < 4.78 is 0. The molecule has 1 amide bonds. The summed E-state index contributed by atoms with van der Waals surface area (Å²) in [6.45, 7) is 4.68. The van der Waals surface area contributed by atoms with Crippen molar-refractivity contribution < 1.29 is 19.8 Å². The molecule has 5 nitrogen and oxygen atoms in total. The van der Waals surface area contributed by atoms with Crippen LogP contribution in [0.15, 0.2) is 0 Å². The van der Waals surface area contributed by atoms with Crippen LogP contribution in [0.25, 0.3) is 0 Å². The second-order valence-electron chi connectivity index (χ2n) is 6.49. The maximum atomic E-state index is 12.5. The monoisotopic (exact) mass is 269 g/mol. The van der Waals surface area contributed by atoms with E-state index in [4.69, 9.17) is 0 Å². The lowest BCUT2D eigenvalue weighted by atomic mass is 9.90. The number of aliphatic carboxylic acids is 1. The van der Waals surface area contributed by atoms with Gasteiger partial charge in [-0.1, -0.05) is 6.92 Å². The molecule has 0 aromatic rings. The van der Waals surface area contributed by atoms with E-state index in [1.165, 1.54) is 0 Å². The van der Waals surface area contributed by atoms with Crippen LogP contribution in [0.1, 0.15) is 39.5 Å². The van der Waals surface area contributed by atoms with Gasteiger partial charge in [0.1, 0.15) is 0 Å². The van der Waals surface area contributed by atoms with E-state index in [-0.39, 0.29) is 11.8 Å². The van der Waals surface area contributed by atoms with Crippen molar-refractivity contribution in [2.75, 3.05) is 13.1 Å². The Labute approximate surface area is 113 Å². The van der Waals surface area contributed by atoms with E-state index in [0.29, 0.717) is 32.4 Å². The van der Waals surface area contributed by atoms with Gasteiger partial charge in [0.2, 0.25) is 5.91 Å². The number of carboxylic acids is 1. The van der Waals surface area contributed by atoms with Crippen molar-refractivity contribution in [1.29, 1.82) is 0 Å². The van der Waals surface area contributed by atoms with Crippen molar-refractivity contribution in [1.82, 2.24) is 4.90 Å². The molecule has 2 unspecified atom stereocenters. The van der Waals surface area contributed by atoms with Gasteiger partial charge in [-0.3, -0.25) is 9.59 Å². The van der Waals surface area contributed by atoms with Crippen LogP contribution in [0.4, 0.5) is 0 Å². The van der Waals surface area contributed by atoms with Gasteiger partial charge in [0, 0.05) is 13.1 Å². The Balaban J connectivity index is 2.08. The number of carboxylic acid groups (broad SMARTS) is 1. The Morgan fingerprint density at radius 3 is 2.47 bits per heavy atom. The number of hydrogen-bond acceptors (Lipinski definition) is 3. The molecule has 0 aromatic heterocycles. The Kier molecular flexibility index (Phi) is 3.85. The lowest BCUT2D eigenvalue weighted by Crippen LogP contribution is -2.51. The highest BCUT2D eigenvalue weighted by molar-refractivity contribution is 5.85. The smallest absolute Gasteiger partial charge is 0.307 e. The van der Waals surface area contributed by atoms with Crippen molar-refractivity contribution in [3.8, 4) is 0 Å². The number of likely N-dealkylation sites (tertiary alicyclic amines) is 1. The Hall–Kier alpha value is -1.10. The second-order valence-corrected chi connectivity index (χ2v) is 6.49. The first-order valence-corrected chi connectivity index (χ1v) is 7.04. The number of rotatable bonds is 2. The normalized spacial score (nSPS) is 39.3. The largest absolute Gasteiger partial charge is 0.481 e. The molecule has 2 aliphatic rings. The fraction of sp³-hybridized carbons (Fsp3) is 0.857. The number of hydrogen-bond donors (Lipinski definition) is 2. The van der Waals surface area contributed by atoms with Crippen molar-refractivity contribution >= 4 is 11.9 Å². The van der Waals surface area contributed by atoms with E-state index in [1.54, 1.807) is 11.8 Å². The third-order valence-electron chi connectivity index (χ3n) is 4.42. The lowest BCUT2D eigenvalue weighted by Gasteiger charge is -2.38. The molecule has 4 atom stereocenters. The van der Waals surface area contributed by atoms with Crippen LogP contribution in [0.5, 0.6) is 0 Å². The topological polar surface area (TPSA) is 77.8 Å². The minimum Gasteiger partial charge on any atom is -0.481 e. The lowest BCUT2D eigenvalue weighted by molar-refractivity contribution is -0.151. The summed E-state index contributed by atoms with van der Waals surface area (Å²) in [6.07, 6.45) is 2.70. The van der Waals surface area contributed by atoms with Gasteiger partial charge < -0.3 is 15.1 Å². The maximum absolute atomic E-state index is 12.5. The van der Waals surface area contributed by atoms with Gasteiger partial charge in [-0.05, 0) is 38.5 Å². The number of aliphatic hydroxyl groups is 1. The van der Waals surface area contributed by atoms with Gasteiger partial charge >= 0.3 is 5.97 Å². The molecule has 19 heavy (non-hydrogen) atoms. The van der Waals surface area contributed by atoms with Crippen LogP contribution in [0.2, 0.25) is 0 Å². The average molecular weight is 269 g/mol. The second kappa shape index (κ2) is 5.12. The summed E-state index contributed by atoms with van der Waals surface area (Å²) >= 11 is 0. The number of β-amino-alcohol motifs (C(OH)–C–C–N with tert-alkyl or cyclic N) is 1. The quantitative estimate of drug-likeness (QED) is 0.787. The molecule has 5 heteroatoms. The van der Waals surface area contributed by atoms with Gasteiger partial charge in [-0.2, -0.15) is 0 Å². The number of piperidine rings is 1. The van der Waals surface area contributed by atoms with Crippen LogP contribution in [-0.2, 0) is 9.59 Å². The van der Waals surface area contributed by atoms with E-state index in [0.717, 1.165) is 6.42 Å². The molecule has 0 aromatic carbocycles. The van der Waals surface area contributed by atoms with Crippen molar-refractivity contribution in [2.45, 2.75) is 45.1 Å². The fourth-order valence-electron chi connectivity index (χ4n) is 3.48. The Morgan fingerprint density at radius 2 is 1.89 bits per heavy atom. The van der Waals surface area contributed by atoms with Crippen LogP contribution in [-0.4, -0.2) is 45.7 Å². The van der Waals surface area contributed by atoms with Crippen LogP contribution in [0.3, 0.4) is 0 Å². The van der Waals surface area contributed by atoms with Gasteiger partial charge in [0.25, 0.3) is 0 Å². The third-order valence-corrected chi connectivity index (χ3v) is 4.42. The van der Waals surface area contributed by atoms with Crippen molar-refractivity contribution in [3.63, 3.8) is 0 Å².